The Labute approximate surface area is 150 Å². The quantitative estimate of drug-likeness (QED) is 0.831. The molecular weight excluding hydrogens is 312 g/mol. The minimum absolute atomic E-state index is 0.116. The second-order valence-electron chi connectivity index (χ2n) is 8.12. The van der Waals surface area contributed by atoms with Crippen LogP contribution in [0.3, 0.4) is 0 Å². The number of hydrogen-bond acceptors (Lipinski definition) is 2. The predicted octanol–water partition coefficient (Wildman–Crippen LogP) is 2.83. The predicted molar refractivity (Wildman–Crippen MR) is 97.0 cm³/mol. The molecule has 2 atom stereocenters. The average Bonchev–Trinajstić information content (AvgIpc) is 3.24. The standard InChI is InChI=1S/C21H28N2O2/c1-16(24)22-12-10-21(11-13-22,19-8-3-2-4-9-19)20(25)23-14-17-6-5-7-18(17)15-23/h2-4,8-9,17-18H,5-7,10-15H2,1H3/t17-,18+. The summed E-state index contributed by atoms with van der Waals surface area (Å²) in [5, 5.41) is 0. The van der Waals surface area contributed by atoms with Gasteiger partial charge in [0.2, 0.25) is 11.8 Å². The van der Waals surface area contributed by atoms with Crippen molar-refractivity contribution in [2.24, 2.45) is 11.8 Å². The summed E-state index contributed by atoms with van der Waals surface area (Å²) in [7, 11) is 0. The van der Waals surface area contributed by atoms with E-state index >= 15 is 0 Å². The van der Waals surface area contributed by atoms with Gasteiger partial charge in [-0.25, -0.2) is 0 Å². The molecule has 4 heteroatoms. The Morgan fingerprint density at radius 2 is 1.56 bits per heavy atom. The Morgan fingerprint density at radius 3 is 2.12 bits per heavy atom. The summed E-state index contributed by atoms with van der Waals surface area (Å²) in [5.74, 6) is 1.85. The van der Waals surface area contributed by atoms with Crippen LogP contribution in [0.1, 0.15) is 44.6 Å². The topological polar surface area (TPSA) is 40.6 Å². The fourth-order valence-corrected chi connectivity index (χ4v) is 5.29. The summed E-state index contributed by atoms with van der Waals surface area (Å²) >= 11 is 0. The van der Waals surface area contributed by atoms with Crippen LogP contribution in [0.4, 0.5) is 0 Å². The van der Waals surface area contributed by atoms with Crippen LogP contribution < -0.4 is 0 Å². The molecule has 2 saturated heterocycles. The SMILES string of the molecule is CC(=O)N1CCC(C(=O)N2C[C@H]3CCC[C@H]3C2)(c2ccccc2)CC1. The maximum Gasteiger partial charge on any atom is 0.233 e. The Bertz CT molecular complexity index is 637. The summed E-state index contributed by atoms with van der Waals surface area (Å²) in [6.45, 7) is 4.86. The Kier molecular flexibility index (Phi) is 4.30. The van der Waals surface area contributed by atoms with Gasteiger partial charge in [0.05, 0.1) is 5.41 Å². The van der Waals surface area contributed by atoms with Crippen LogP contribution in [-0.4, -0.2) is 47.8 Å². The van der Waals surface area contributed by atoms with E-state index in [4.69, 9.17) is 0 Å². The van der Waals surface area contributed by atoms with Gasteiger partial charge >= 0.3 is 0 Å². The van der Waals surface area contributed by atoms with E-state index in [0.717, 1.165) is 31.5 Å². The fraction of sp³-hybridized carbons (Fsp3) is 0.619. The smallest absolute Gasteiger partial charge is 0.233 e. The van der Waals surface area contributed by atoms with Crippen molar-refractivity contribution in [2.45, 2.75) is 44.4 Å². The lowest BCUT2D eigenvalue weighted by molar-refractivity contribution is -0.141. The summed E-state index contributed by atoms with van der Waals surface area (Å²) in [6, 6.07) is 10.3. The van der Waals surface area contributed by atoms with Crippen molar-refractivity contribution in [1.29, 1.82) is 0 Å². The van der Waals surface area contributed by atoms with Gasteiger partial charge in [0.25, 0.3) is 0 Å². The first-order chi connectivity index (χ1) is 12.1. The minimum atomic E-state index is -0.453. The van der Waals surface area contributed by atoms with E-state index in [1.165, 1.54) is 19.3 Å². The Balaban J connectivity index is 1.60. The van der Waals surface area contributed by atoms with Gasteiger partial charge in [0.1, 0.15) is 0 Å². The van der Waals surface area contributed by atoms with E-state index < -0.39 is 5.41 Å². The van der Waals surface area contributed by atoms with Crippen molar-refractivity contribution in [3.63, 3.8) is 0 Å². The maximum atomic E-state index is 13.7. The lowest BCUT2D eigenvalue weighted by Crippen LogP contribution is -2.53. The molecule has 2 amide bonds. The largest absolute Gasteiger partial charge is 0.343 e. The van der Waals surface area contributed by atoms with Crippen molar-refractivity contribution in [2.75, 3.05) is 26.2 Å². The van der Waals surface area contributed by atoms with Crippen molar-refractivity contribution in [3.8, 4) is 0 Å². The molecule has 3 fully saturated rings. The van der Waals surface area contributed by atoms with Gasteiger partial charge in [-0.05, 0) is 43.1 Å². The molecule has 1 aromatic rings. The van der Waals surface area contributed by atoms with Gasteiger partial charge in [-0.3, -0.25) is 9.59 Å². The van der Waals surface area contributed by atoms with Gasteiger partial charge in [-0.1, -0.05) is 36.8 Å². The molecule has 4 rings (SSSR count). The number of nitrogens with zero attached hydrogens (tertiary/aromatic N) is 2. The second-order valence-corrected chi connectivity index (χ2v) is 8.12. The highest BCUT2D eigenvalue weighted by Gasteiger charge is 2.48. The fourth-order valence-electron chi connectivity index (χ4n) is 5.29. The molecule has 0 unspecified atom stereocenters. The third-order valence-corrected chi connectivity index (χ3v) is 6.81. The monoisotopic (exact) mass is 340 g/mol. The lowest BCUT2D eigenvalue weighted by Gasteiger charge is -2.43. The van der Waals surface area contributed by atoms with Gasteiger partial charge in [0.15, 0.2) is 0 Å². The van der Waals surface area contributed by atoms with E-state index in [1.54, 1.807) is 6.92 Å². The summed E-state index contributed by atoms with van der Waals surface area (Å²) in [5.41, 5.74) is 0.673. The maximum absolute atomic E-state index is 13.7. The Hall–Kier alpha value is -1.84. The van der Waals surface area contributed by atoms with Gasteiger partial charge in [-0.2, -0.15) is 0 Å². The third kappa shape index (κ3) is 2.86. The molecule has 0 N–H and O–H groups in total. The van der Waals surface area contributed by atoms with Crippen LogP contribution in [0.25, 0.3) is 0 Å². The van der Waals surface area contributed by atoms with Crippen LogP contribution in [0.15, 0.2) is 30.3 Å². The van der Waals surface area contributed by atoms with Crippen molar-refractivity contribution < 1.29 is 9.59 Å². The zero-order valence-electron chi connectivity index (χ0n) is 15.1. The molecule has 3 aliphatic rings. The minimum Gasteiger partial charge on any atom is -0.343 e. The van der Waals surface area contributed by atoms with E-state index in [2.05, 4.69) is 17.0 Å². The van der Waals surface area contributed by atoms with E-state index in [-0.39, 0.29) is 5.91 Å². The molecule has 4 nitrogen and oxygen atoms in total. The summed E-state index contributed by atoms with van der Waals surface area (Å²) in [4.78, 5) is 29.4. The molecule has 2 heterocycles. The molecular formula is C21H28N2O2. The van der Waals surface area contributed by atoms with E-state index in [1.807, 2.05) is 23.1 Å². The second kappa shape index (κ2) is 6.47. The van der Waals surface area contributed by atoms with Crippen LogP contribution in [0, 0.1) is 11.8 Å². The zero-order valence-corrected chi connectivity index (χ0v) is 15.1. The average molecular weight is 340 g/mol. The first-order valence-corrected chi connectivity index (χ1v) is 9.70. The molecule has 25 heavy (non-hydrogen) atoms. The number of carbonyl (C=O) groups is 2. The molecule has 0 spiro atoms. The molecule has 1 aromatic carbocycles. The van der Waals surface area contributed by atoms with Crippen LogP contribution >= 0.6 is 0 Å². The molecule has 0 radical (unpaired) electrons. The third-order valence-electron chi connectivity index (χ3n) is 6.81. The number of likely N-dealkylation sites (tertiary alicyclic amines) is 2. The van der Waals surface area contributed by atoms with E-state index in [0.29, 0.717) is 30.8 Å². The lowest BCUT2D eigenvalue weighted by atomic mass is 9.71. The number of benzene rings is 1. The van der Waals surface area contributed by atoms with Gasteiger partial charge in [0, 0.05) is 33.1 Å². The molecule has 1 saturated carbocycles. The first-order valence-electron chi connectivity index (χ1n) is 9.70. The van der Waals surface area contributed by atoms with Crippen molar-refractivity contribution in [1.82, 2.24) is 9.80 Å². The van der Waals surface area contributed by atoms with Crippen molar-refractivity contribution >= 4 is 11.8 Å². The number of piperidine rings is 1. The highest BCUT2D eigenvalue weighted by Crippen LogP contribution is 2.42. The molecule has 0 aromatic heterocycles. The zero-order chi connectivity index (χ0) is 17.4. The highest BCUT2D eigenvalue weighted by molar-refractivity contribution is 5.89. The first kappa shape index (κ1) is 16.6. The summed E-state index contributed by atoms with van der Waals surface area (Å²) in [6.07, 6.45) is 5.37. The molecule has 0 bridgehead atoms. The van der Waals surface area contributed by atoms with Crippen LogP contribution in [-0.2, 0) is 15.0 Å². The van der Waals surface area contributed by atoms with Gasteiger partial charge < -0.3 is 9.80 Å². The van der Waals surface area contributed by atoms with Crippen LogP contribution in [0.5, 0.6) is 0 Å². The number of amides is 2. The molecule has 2 aliphatic heterocycles. The summed E-state index contributed by atoms with van der Waals surface area (Å²) < 4.78 is 0. The number of rotatable bonds is 2. The molecule has 1 aliphatic carbocycles. The Morgan fingerprint density at radius 1 is 0.960 bits per heavy atom. The van der Waals surface area contributed by atoms with Crippen LogP contribution in [0.2, 0.25) is 0 Å². The number of carbonyl (C=O) groups excluding carboxylic acids is 2. The number of fused-ring (bicyclic) bond motifs is 1. The normalized spacial score (nSPS) is 28.0. The van der Waals surface area contributed by atoms with Crippen molar-refractivity contribution in [3.05, 3.63) is 35.9 Å². The highest BCUT2D eigenvalue weighted by atomic mass is 16.2. The number of hydrogen-bond donors (Lipinski definition) is 0. The van der Waals surface area contributed by atoms with Gasteiger partial charge in [-0.15, -0.1) is 0 Å². The molecule has 134 valence electrons. The van der Waals surface area contributed by atoms with E-state index in [9.17, 15) is 9.59 Å².